The number of hydrogen-bond acceptors (Lipinski definition) is 18. The van der Waals surface area contributed by atoms with Crippen LogP contribution >= 0.6 is 7.37 Å². The summed E-state index contributed by atoms with van der Waals surface area (Å²) in [6, 6.07) is 52.0. The number of amides is 2. The number of esters is 2. The molecule has 10 rings (SSSR count). The van der Waals surface area contributed by atoms with Crippen LogP contribution in [0.3, 0.4) is 0 Å². The fraction of sp³-hybridized carbons (Fsp3) is 0.471. The van der Waals surface area contributed by atoms with Gasteiger partial charge in [-0.05, 0) is 188 Å². The van der Waals surface area contributed by atoms with Crippen LogP contribution in [0.15, 0.2) is 180 Å². The first kappa shape index (κ1) is 96.2. The third-order valence-corrected chi connectivity index (χ3v) is 37.0. The van der Waals surface area contributed by atoms with E-state index in [9.17, 15) is 23.7 Å². The standard InChI is InChI=1S/C35H48N2O6Si.C34H48N4O6Si.C12H12NO2P.C6H18NSi2.Li/c1-34(2,3)43-33(39)37-22-25(23-37)28(19-20-41-44(8,9)35(4,5)6)30-21-29(32(38)40-7)31(36-30)24-15-17-27(18-16-24)42-26-13-11-10-12-14-26;1-33(2,3)44-32(40)37-21-24(22-37)27(19-20-42-45(8,9)34(4,5)6)30-36-28(29(38(30)35)31(39)41-7)23-15-17-26(18-16-23)43-25-13-11-10-12-14-25;13-15-16(14,11-7-3-1-4-8-11)12-9-5-2-6-10-12;1-8(2,3)7-9(4,5)6;/h10-18,25,28H,19-23H2,1-9H3;10-18,24,27H,19-22,35H2,1-9H3;1-10H,13H2;1-6H3;/q;;;-1;+1. The number of carbonyl (C=O) groups is 4. The molecular weight excluding hydrogens is 1530 g/mol. The van der Waals surface area contributed by atoms with Crippen molar-refractivity contribution in [1.29, 1.82) is 0 Å². The van der Waals surface area contributed by atoms with E-state index < -0.39 is 57.6 Å². The van der Waals surface area contributed by atoms with Crippen LogP contribution in [0.25, 0.3) is 21.6 Å². The molecule has 0 bridgehead atoms. The number of imidazole rings is 1. The molecule has 7 aromatic rings. The minimum atomic E-state index is -3.13. The van der Waals surface area contributed by atoms with Crippen LogP contribution in [0.1, 0.15) is 130 Å². The molecule has 6 aromatic carbocycles. The maximum Gasteiger partial charge on any atom is 1.00 e. The normalized spacial score (nSPS) is 14.9. The van der Waals surface area contributed by atoms with Crippen LogP contribution < -0.4 is 50.7 Å². The summed E-state index contributed by atoms with van der Waals surface area (Å²) in [4.78, 5) is 65.0. The molecule has 0 radical (unpaired) electrons. The Kier molecular flexibility index (Phi) is 34.0. The van der Waals surface area contributed by atoms with Crippen molar-refractivity contribution in [3.05, 3.63) is 197 Å². The summed E-state index contributed by atoms with van der Waals surface area (Å²) in [6.45, 7) is 50.5. The van der Waals surface area contributed by atoms with Crippen molar-refractivity contribution in [3.8, 4) is 34.3 Å². The molecule has 2 fully saturated rings. The Morgan fingerprint density at radius 1 is 0.513 bits per heavy atom. The van der Waals surface area contributed by atoms with E-state index in [2.05, 4.69) is 107 Å². The van der Waals surface area contributed by atoms with E-state index in [1.807, 2.05) is 187 Å². The Morgan fingerprint density at radius 2 is 0.870 bits per heavy atom. The number of nitrogens with two attached hydrogens (primary N) is 2. The van der Waals surface area contributed by atoms with Gasteiger partial charge in [-0.2, -0.15) is 0 Å². The molecular formula is C87H126LiN8O14PSi4. The van der Waals surface area contributed by atoms with Gasteiger partial charge in [-0.3, -0.25) is 9.56 Å². The Morgan fingerprint density at radius 3 is 1.22 bits per heavy atom. The van der Waals surface area contributed by atoms with Crippen LogP contribution in [-0.2, 0) is 41.8 Å². The summed E-state index contributed by atoms with van der Waals surface area (Å²) in [5.74, 6) is 14.3. The van der Waals surface area contributed by atoms with Crippen molar-refractivity contribution in [2.45, 2.75) is 195 Å². The van der Waals surface area contributed by atoms with Gasteiger partial charge in [0.05, 0.1) is 25.5 Å². The first-order valence-electron chi connectivity index (χ1n) is 39.2. The molecule has 2 amide bonds. The number of nitrogen functional groups attached to an aromatic ring is 1. The second-order valence-corrected chi connectivity index (χ2v) is 57.6. The van der Waals surface area contributed by atoms with Gasteiger partial charge in [0, 0.05) is 96.9 Å². The Bertz CT molecular complexity index is 4360. The average Bonchev–Trinajstić information content (AvgIpc) is 1.60. The Balaban J connectivity index is 0.000000273. The smallest absolute Gasteiger partial charge is 0.668 e. The predicted molar refractivity (Wildman–Crippen MR) is 469 cm³/mol. The molecule has 115 heavy (non-hydrogen) atoms. The molecule has 1 aromatic heterocycles. The number of aliphatic imine (C=N–C) groups is 1. The van der Waals surface area contributed by atoms with Crippen LogP contribution in [0, 0.1) is 17.8 Å². The molecule has 0 spiro atoms. The summed E-state index contributed by atoms with van der Waals surface area (Å²) in [7, 11) is -6.59. The molecule has 3 aliphatic heterocycles. The Hall–Kier alpha value is -7.69. The fourth-order valence-corrected chi connectivity index (χ4v) is 24.5. The van der Waals surface area contributed by atoms with Crippen LogP contribution in [0.5, 0.6) is 23.0 Å². The summed E-state index contributed by atoms with van der Waals surface area (Å²) < 4.78 is 70.1. The zero-order valence-electron chi connectivity index (χ0n) is 72.8. The van der Waals surface area contributed by atoms with Gasteiger partial charge in [0.2, 0.25) is 0 Å². The van der Waals surface area contributed by atoms with E-state index in [1.54, 1.807) is 34.1 Å². The molecule has 620 valence electrons. The summed E-state index contributed by atoms with van der Waals surface area (Å²) in [5, 5.41) is 1.36. The van der Waals surface area contributed by atoms with E-state index in [4.69, 9.17) is 68.3 Å². The predicted octanol–water partition coefficient (Wildman–Crippen LogP) is 17.1. The van der Waals surface area contributed by atoms with Gasteiger partial charge >= 0.3 is 43.0 Å². The largest absolute Gasteiger partial charge is 1.00 e. The molecule has 28 heteroatoms. The van der Waals surface area contributed by atoms with Crippen LogP contribution in [0.4, 0.5) is 9.59 Å². The van der Waals surface area contributed by atoms with Crippen LogP contribution in [-0.4, -0.2) is 147 Å². The molecule has 4 N–H and O–H groups in total. The van der Waals surface area contributed by atoms with Gasteiger partial charge in [-0.1, -0.05) is 170 Å². The van der Waals surface area contributed by atoms with Gasteiger partial charge in [0.15, 0.2) is 22.3 Å². The van der Waals surface area contributed by atoms with Crippen molar-refractivity contribution < 1.29 is 84.5 Å². The topological polar surface area (TPSA) is 271 Å². The number of carbonyl (C=O) groups excluding carboxylic acids is 4. The minimum absolute atomic E-state index is 0. The Labute approximate surface area is 700 Å². The molecule has 2 atom stereocenters. The van der Waals surface area contributed by atoms with Crippen molar-refractivity contribution in [1.82, 2.24) is 19.5 Å². The number of benzene rings is 6. The van der Waals surface area contributed by atoms with E-state index in [-0.39, 0.29) is 76.5 Å². The molecule has 0 aliphatic carbocycles. The number of rotatable bonds is 25. The number of aromatic nitrogens is 2. The number of hydrogen-bond donors (Lipinski definition) is 2. The molecule has 4 heterocycles. The summed E-state index contributed by atoms with van der Waals surface area (Å²) in [5.41, 5.74) is 3.05. The van der Waals surface area contributed by atoms with E-state index >= 15 is 0 Å². The second-order valence-electron chi connectivity index (χ2n) is 36.1. The number of likely N-dealkylation sites (tertiary alicyclic amines) is 2. The average molecular weight is 1660 g/mol. The van der Waals surface area contributed by atoms with Crippen LogP contribution in [0.2, 0.25) is 75.5 Å². The number of ether oxygens (including phenoxy) is 6. The van der Waals surface area contributed by atoms with Gasteiger partial charge < -0.3 is 57.6 Å². The number of para-hydroxylation sites is 2. The van der Waals surface area contributed by atoms with Gasteiger partial charge in [-0.15, -0.1) is 0 Å². The van der Waals surface area contributed by atoms with E-state index in [0.717, 1.165) is 29.2 Å². The maximum atomic E-state index is 13.1. The summed E-state index contributed by atoms with van der Waals surface area (Å²) >= 11 is 0. The molecule has 2 saturated heterocycles. The van der Waals surface area contributed by atoms with Crippen molar-refractivity contribution >= 4 is 86.6 Å². The quantitative estimate of drug-likeness (QED) is 0.0134. The summed E-state index contributed by atoms with van der Waals surface area (Å²) in [6.07, 6.45) is 1.13. The van der Waals surface area contributed by atoms with Crippen molar-refractivity contribution in [2.24, 2.45) is 28.6 Å². The fourth-order valence-electron chi connectivity index (χ4n) is 12.7. The van der Waals surface area contributed by atoms with Crippen molar-refractivity contribution in [2.75, 3.05) is 59.5 Å². The number of nitrogens with zero attached hydrogens (tertiary/aromatic N) is 6. The third kappa shape index (κ3) is 28.0. The maximum absolute atomic E-state index is 13.1. The van der Waals surface area contributed by atoms with Gasteiger partial charge in [0.25, 0.3) is 7.37 Å². The van der Waals surface area contributed by atoms with Gasteiger partial charge in [0.1, 0.15) is 45.7 Å². The van der Waals surface area contributed by atoms with E-state index in [1.165, 1.54) is 18.9 Å². The SMILES string of the molecule is COC(=O)C1=C(c2ccc(Oc3ccccc3)cc2)N=C(C(CCO[Si](C)(C)C(C)(C)C)C2CN(C(=O)OC(C)(C)C)C2)C1.COC(=O)c1c(-c2ccc(Oc3ccccc3)cc2)nc(C(CCO[Si](C)(C)C(C)(C)C)C2CN(C(=O)OC(C)(C)C)C2)n1N.C[Si](C)(C)[N-][Si](C)(C)C.NOP(=O)(c1ccccc1)c1ccccc1.[Li+]. The zero-order chi connectivity index (χ0) is 84.6. The zero-order valence-corrected chi connectivity index (χ0v) is 77.7. The van der Waals surface area contributed by atoms with Gasteiger partial charge in [-0.25, -0.2) is 39.4 Å². The second kappa shape index (κ2) is 40.7. The molecule has 0 saturated carbocycles. The first-order valence-corrected chi connectivity index (χ1v) is 53.5. The molecule has 3 aliphatic rings. The number of methoxy groups -OCH3 is 2. The molecule has 22 nitrogen and oxygen atoms in total. The molecule has 2 unspecified atom stereocenters. The monoisotopic (exact) mass is 1660 g/mol. The van der Waals surface area contributed by atoms with E-state index in [0.29, 0.717) is 103 Å². The van der Waals surface area contributed by atoms with Crippen molar-refractivity contribution in [3.63, 3.8) is 0 Å². The minimum Gasteiger partial charge on any atom is -0.668 e. The third-order valence-electron chi connectivity index (χ3n) is 20.3. The first-order chi connectivity index (χ1) is 53.1.